The van der Waals surface area contributed by atoms with Crippen molar-refractivity contribution in [3.8, 4) is 0 Å². The summed E-state index contributed by atoms with van der Waals surface area (Å²) in [6.07, 6.45) is 3.23. The van der Waals surface area contributed by atoms with E-state index >= 15 is 0 Å². The smallest absolute Gasteiger partial charge is 0.257 e. The van der Waals surface area contributed by atoms with Crippen LogP contribution < -0.4 is 4.90 Å². The van der Waals surface area contributed by atoms with Gasteiger partial charge in [-0.2, -0.15) is 0 Å². The number of anilines is 1. The molecule has 2 rings (SSSR count). The number of hydrogen-bond acceptors (Lipinski definition) is 7. The Balaban J connectivity index is 2.23. The molecule has 118 valence electrons. The van der Waals surface area contributed by atoms with Crippen LogP contribution in [0.1, 0.15) is 21.1 Å². The number of amides is 1. The van der Waals surface area contributed by atoms with Crippen molar-refractivity contribution in [2.24, 2.45) is 0 Å². The molecule has 22 heavy (non-hydrogen) atoms. The predicted octanol–water partition coefficient (Wildman–Crippen LogP) is 0.942. The van der Waals surface area contributed by atoms with Gasteiger partial charge in [0.1, 0.15) is 5.01 Å². The first-order chi connectivity index (χ1) is 10.5. The molecule has 2 aromatic heterocycles. The molecule has 0 saturated heterocycles. The van der Waals surface area contributed by atoms with E-state index in [2.05, 4.69) is 15.0 Å². The van der Waals surface area contributed by atoms with Crippen LogP contribution in [0.5, 0.6) is 0 Å². The van der Waals surface area contributed by atoms with Gasteiger partial charge in [-0.1, -0.05) is 0 Å². The fourth-order valence-corrected chi connectivity index (χ4v) is 2.55. The second-order valence-corrected chi connectivity index (χ2v) is 5.92. The third-order valence-electron chi connectivity index (χ3n) is 3.06. The summed E-state index contributed by atoms with van der Waals surface area (Å²) in [5.74, 6) is 0.356. The molecule has 0 aliphatic rings. The molecule has 8 heteroatoms. The Morgan fingerprint density at radius 2 is 2.14 bits per heavy atom. The average Bonchev–Trinajstić information content (AvgIpc) is 2.99. The van der Waals surface area contributed by atoms with Crippen molar-refractivity contribution in [1.29, 1.82) is 0 Å². The van der Waals surface area contributed by atoms with Crippen LogP contribution in [0.15, 0.2) is 17.8 Å². The zero-order chi connectivity index (χ0) is 16.1. The van der Waals surface area contributed by atoms with Gasteiger partial charge >= 0.3 is 0 Å². The van der Waals surface area contributed by atoms with E-state index in [1.807, 2.05) is 19.5 Å². The van der Waals surface area contributed by atoms with Gasteiger partial charge < -0.3 is 14.9 Å². The summed E-state index contributed by atoms with van der Waals surface area (Å²) >= 11 is 1.48. The Labute approximate surface area is 133 Å². The van der Waals surface area contributed by atoms with Crippen LogP contribution in [0, 0.1) is 6.92 Å². The average molecular weight is 321 g/mol. The summed E-state index contributed by atoms with van der Waals surface area (Å²) in [7, 11) is 3.69. The zero-order valence-corrected chi connectivity index (χ0v) is 13.7. The Bertz CT molecular complexity index is 630. The molecule has 1 amide bonds. The molecule has 0 bridgehead atoms. The minimum absolute atomic E-state index is 0.104. The van der Waals surface area contributed by atoms with Gasteiger partial charge in [0.15, 0.2) is 0 Å². The lowest BCUT2D eigenvalue weighted by Gasteiger charge is -2.21. The Hall–Kier alpha value is -2.06. The Morgan fingerprint density at radius 1 is 1.36 bits per heavy atom. The van der Waals surface area contributed by atoms with E-state index in [4.69, 9.17) is 0 Å². The molecule has 0 unspecified atom stereocenters. The van der Waals surface area contributed by atoms with Crippen LogP contribution in [0.2, 0.25) is 0 Å². The van der Waals surface area contributed by atoms with Gasteiger partial charge in [-0.3, -0.25) is 4.79 Å². The molecule has 0 atom stereocenters. The highest BCUT2D eigenvalue weighted by Gasteiger charge is 2.20. The molecular weight excluding hydrogens is 302 g/mol. The number of hydrogen-bond donors (Lipinski definition) is 1. The number of carbonyl (C=O) groups excluding carboxylic acids is 1. The quantitative estimate of drug-likeness (QED) is 0.853. The Morgan fingerprint density at radius 3 is 2.68 bits per heavy atom. The first-order valence-corrected chi connectivity index (χ1v) is 7.70. The molecule has 0 spiro atoms. The highest BCUT2D eigenvalue weighted by Crippen LogP contribution is 2.15. The topological polar surface area (TPSA) is 82.5 Å². The van der Waals surface area contributed by atoms with Crippen LogP contribution in [0.3, 0.4) is 0 Å². The molecule has 0 aliphatic carbocycles. The van der Waals surface area contributed by atoms with Crippen LogP contribution >= 0.6 is 11.3 Å². The fourth-order valence-electron chi connectivity index (χ4n) is 1.92. The minimum atomic E-state index is -0.202. The maximum atomic E-state index is 12.7. The third kappa shape index (κ3) is 3.77. The van der Waals surface area contributed by atoms with Gasteiger partial charge in [0.25, 0.3) is 5.91 Å². The van der Waals surface area contributed by atoms with Crippen molar-refractivity contribution in [3.63, 3.8) is 0 Å². The summed E-state index contributed by atoms with van der Waals surface area (Å²) < 4.78 is 0. The normalized spacial score (nSPS) is 10.5. The molecule has 1 N–H and O–H groups in total. The third-order valence-corrected chi connectivity index (χ3v) is 3.83. The molecule has 0 aromatic carbocycles. The van der Waals surface area contributed by atoms with Crippen LogP contribution in [-0.4, -0.2) is 58.1 Å². The summed E-state index contributed by atoms with van der Waals surface area (Å²) in [6, 6.07) is 0. The van der Waals surface area contributed by atoms with E-state index in [0.717, 1.165) is 5.01 Å². The minimum Gasteiger partial charge on any atom is -0.395 e. The second-order valence-electron chi connectivity index (χ2n) is 4.94. The molecule has 0 fully saturated rings. The summed E-state index contributed by atoms with van der Waals surface area (Å²) in [4.78, 5) is 28.7. The number of aryl methyl sites for hydroxylation is 1. The number of nitrogens with zero attached hydrogens (tertiary/aromatic N) is 5. The first-order valence-electron chi connectivity index (χ1n) is 6.82. The van der Waals surface area contributed by atoms with E-state index in [9.17, 15) is 9.90 Å². The van der Waals surface area contributed by atoms with Crippen molar-refractivity contribution < 1.29 is 9.90 Å². The second kappa shape index (κ2) is 7.28. The van der Waals surface area contributed by atoms with Crippen molar-refractivity contribution >= 4 is 23.2 Å². The number of aliphatic hydroxyl groups is 1. The molecule has 2 heterocycles. The van der Waals surface area contributed by atoms with Crippen LogP contribution in [0.25, 0.3) is 0 Å². The van der Waals surface area contributed by atoms with Gasteiger partial charge in [0.05, 0.1) is 24.4 Å². The fraction of sp³-hybridized carbons (Fsp3) is 0.429. The summed E-state index contributed by atoms with van der Waals surface area (Å²) in [5.41, 5.74) is 1.06. The van der Waals surface area contributed by atoms with Gasteiger partial charge in [0, 0.05) is 38.4 Å². The molecule has 2 aromatic rings. The van der Waals surface area contributed by atoms with E-state index < -0.39 is 0 Å². The first kappa shape index (κ1) is 16.3. The van der Waals surface area contributed by atoms with Gasteiger partial charge in [-0.05, 0) is 6.92 Å². The van der Waals surface area contributed by atoms with Crippen LogP contribution in [-0.2, 0) is 6.54 Å². The largest absolute Gasteiger partial charge is 0.395 e. The standard InChI is InChI=1S/C14H19N5O2S/c1-10-11(8-16-14(17-10)18(2)3)13(21)19(5-6-20)9-12-15-4-7-22-12/h4,7-8,20H,5-6,9H2,1-3H3. The monoisotopic (exact) mass is 321 g/mol. The lowest BCUT2D eigenvalue weighted by Crippen LogP contribution is -2.34. The zero-order valence-electron chi connectivity index (χ0n) is 12.9. The van der Waals surface area contributed by atoms with Crippen molar-refractivity contribution in [2.75, 3.05) is 32.1 Å². The number of thiazole rings is 1. The number of carbonyl (C=O) groups is 1. The number of aromatic nitrogens is 3. The predicted molar refractivity (Wildman–Crippen MR) is 85.0 cm³/mol. The van der Waals surface area contributed by atoms with Gasteiger partial charge in [-0.15, -0.1) is 11.3 Å². The van der Waals surface area contributed by atoms with E-state index in [1.54, 1.807) is 22.9 Å². The number of aliphatic hydroxyl groups excluding tert-OH is 1. The maximum absolute atomic E-state index is 12.7. The number of rotatable bonds is 6. The van der Waals surface area contributed by atoms with Crippen LogP contribution in [0.4, 0.5) is 5.95 Å². The molecule has 0 saturated carbocycles. The highest BCUT2D eigenvalue weighted by atomic mass is 32.1. The molecule has 0 aliphatic heterocycles. The SMILES string of the molecule is Cc1nc(N(C)C)ncc1C(=O)N(CCO)Cc1nccs1. The van der Waals surface area contributed by atoms with Crippen molar-refractivity contribution in [1.82, 2.24) is 19.9 Å². The summed E-state index contributed by atoms with van der Waals surface area (Å²) in [5, 5.41) is 11.9. The van der Waals surface area contributed by atoms with E-state index in [-0.39, 0.29) is 19.1 Å². The van der Waals surface area contributed by atoms with E-state index in [1.165, 1.54) is 17.5 Å². The highest BCUT2D eigenvalue weighted by molar-refractivity contribution is 7.09. The lowest BCUT2D eigenvalue weighted by atomic mass is 10.2. The molecule has 7 nitrogen and oxygen atoms in total. The molecular formula is C14H19N5O2S. The van der Waals surface area contributed by atoms with Gasteiger partial charge in [0.2, 0.25) is 5.95 Å². The van der Waals surface area contributed by atoms with Crippen molar-refractivity contribution in [2.45, 2.75) is 13.5 Å². The summed E-state index contributed by atoms with van der Waals surface area (Å²) in [6.45, 7) is 2.29. The van der Waals surface area contributed by atoms with Gasteiger partial charge in [-0.25, -0.2) is 15.0 Å². The lowest BCUT2D eigenvalue weighted by molar-refractivity contribution is 0.0706. The van der Waals surface area contributed by atoms with Crippen molar-refractivity contribution in [3.05, 3.63) is 34.0 Å². The Kier molecular flexibility index (Phi) is 5.40. The molecule has 0 radical (unpaired) electrons. The maximum Gasteiger partial charge on any atom is 0.257 e. The van der Waals surface area contributed by atoms with E-state index in [0.29, 0.717) is 23.8 Å².